The summed E-state index contributed by atoms with van der Waals surface area (Å²) in [6, 6.07) is 7.54. The summed E-state index contributed by atoms with van der Waals surface area (Å²) in [4.78, 5) is 17.8. The molecule has 1 heterocycles. The lowest BCUT2D eigenvalue weighted by Gasteiger charge is -2.20. The number of carbonyl (C=O) groups excluding carboxylic acids is 1. The van der Waals surface area contributed by atoms with Gasteiger partial charge in [-0.1, -0.05) is 23.7 Å². The summed E-state index contributed by atoms with van der Waals surface area (Å²) in [6.07, 6.45) is 2.96. The maximum atomic E-state index is 12.3. The highest BCUT2D eigenvalue weighted by atomic mass is 35.5. The van der Waals surface area contributed by atoms with Crippen molar-refractivity contribution >= 4 is 28.8 Å². The van der Waals surface area contributed by atoms with Crippen LogP contribution in [-0.4, -0.2) is 10.9 Å². The number of benzene rings is 1. The molecule has 104 valence electrons. The highest BCUT2D eigenvalue weighted by molar-refractivity contribution is 7.10. The van der Waals surface area contributed by atoms with Gasteiger partial charge in [-0.05, 0) is 37.0 Å². The molecule has 0 fully saturated rings. The zero-order valence-electron chi connectivity index (χ0n) is 10.9. The highest BCUT2D eigenvalue weighted by Crippen LogP contribution is 2.34. The quantitative estimate of drug-likeness (QED) is 0.942. The highest BCUT2D eigenvalue weighted by Gasteiger charge is 2.28. The maximum Gasteiger partial charge on any atom is 0.228 e. The van der Waals surface area contributed by atoms with E-state index in [1.54, 1.807) is 11.3 Å². The molecule has 3 nitrogen and oxygen atoms in total. The van der Waals surface area contributed by atoms with E-state index in [4.69, 9.17) is 11.6 Å². The summed E-state index contributed by atoms with van der Waals surface area (Å²) in [5.41, 5.74) is 4.01. The molecular formula is C15H15ClN2OS. The lowest BCUT2D eigenvalue weighted by Crippen LogP contribution is -2.30. The number of nitrogens with zero attached hydrogens (tertiary/aromatic N) is 1. The summed E-state index contributed by atoms with van der Waals surface area (Å²) < 4.78 is 0. The van der Waals surface area contributed by atoms with Gasteiger partial charge in [-0.2, -0.15) is 0 Å². The SMILES string of the molecule is O=C(NCc1ccc(Cl)cc1)C1CCCc2ncsc21. The molecule has 5 heteroatoms. The molecule has 0 radical (unpaired) electrons. The van der Waals surface area contributed by atoms with E-state index in [2.05, 4.69) is 10.3 Å². The molecule has 2 aromatic rings. The number of hydrogen-bond acceptors (Lipinski definition) is 3. The minimum atomic E-state index is -0.0291. The third kappa shape index (κ3) is 2.86. The number of nitrogens with one attached hydrogen (secondary N) is 1. The predicted molar refractivity (Wildman–Crippen MR) is 81.1 cm³/mol. The third-order valence-electron chi connectivity index (χ3n) is 3.59. The van der Waals surface area contributed by atoms with Gasteiger partial charge in [0.1, 0.15) is 0 Å². The molecule has 1 aliphatic carbocycles. The molecule has 0 bridgehead atoms. The number of rotatable bonds is 3. The molecule has 1 aromatic heterocycles. The van der Waals surface area contributed by atoms with Crippen molar-refractivity contribution in [1.82, 2.24) is 10.3 Å². The average Bonchev–Trinajstić information content (AvgIpc) is 2.94. The Bertz CT molecular complexity index is 609. The summed E-state index contributed by atoms with van der Waals surface area (Å²) in [6.45, 7) is 0.542. The average molecular weight is 307 g/mol. The van der Waals surface area contributed by atoms with Gasteiger partial charge in [0.2, 0.25) is 5.91 Å². The second kappa shape index (κ2) is 5.94. The van der Waals surface area contributed by atoms with Crippen LogP contribution in [0.5, 0.6) is 0 Å². The fourth-order valence-electron chi connectivity index (χ4n) is 2.52. The summed E-state index contributed by atoms with van der Waals surface area (Å²) in [5, 5.41) is 3.73. The van der Waals surface area contributed by atoms with Crippen molar-refractivity contribution in [3.8, 4) is 0 Å². The van der Waals surface area contributed by atoms with Gasteiger partial charge in [-0.25, -0.2) is 4.98 Å². The predicted octanol–water partition coefficient (Wildman–Crippen LogP) is 3.53. The Balaban J connectivity index is 1.64. The maximum absolute atomic E-state index is 12.3. The van der Waals surface area contributed by atoms with Gasteiger partial charge in [0.15, 0.2) is 0 Å². The second-order valence-corrected chi connectivity index (χ2v) is 6.28. The van der Waals surface area contributed by atoms with Crippen molar-refractivity contribution in [2.24, 2.45) is 0 Å². The molecular weight excluding hydrogens is 292 g/mol. The van der Waals surface area contributed by atoms with Gasteiger partial charge >= 0.3 is 0 Å². The molecule has 0 saturated carbocycles. The zero-order chi connectivity index (χ0) is 13.9. The van der Waals surface area contributed by atoms with Crippen molar-refractivity contribution in [2.45, 2.75) is 31.7 Å². The molecule has 0 saturated heterocycles. The van der Waals surface area contributed by atoms with Crippen LogP contribution < -0.4 is 5.32 Å². The topological polar surface area (TPSA) is 42.0 Å². The minimum Gasteiger partial charge on any atom is -0.351 e. The Kier molecular flexibility index (Phi) is 4.03. The fraction of sp³-hybridized carbons (Fsp3) is 0.333. The molecule has 1 aromatic carbocycles. The van der Waals surface area contributed by atoms with Gasteiger partial charge in [0.05, 0.1) is 17.1 Å². The van der Waals surface area contributed by atoms with E-state index in [9.17, 15) is 4.79 Å². The lowest BCUT2D eigenvalue weighted by atomic mass is 9.91. The first-order valence-corrected chi connectivity index (χ1v) is 7.94. The molecule has 0 spiro atoms. The van der Waals surface area contributed by atoms with E-state index >= 15 is 0 Å². The minimum absolute atomic E-state index is 0.0291. The molecule has 0 aliphatic heterocycles. The van der Waals surface area contributed by atoms with Crippen LogP contribution in [0.1, 0.15) is 34.9 Å². The standard InChI is InChI=1S/C15H15ClN2OS/c16-11-6-4-10(5-7-11)8-17-15(19)12-2-1-3-13-14(12)20-9-18-13/h4-7,9,12H,1-3,8H2,(H,17,19). The number of carbonyl (C=O) groups is 1. The first kappa shape index (κ1) is 13.6. The van der Waals surface area contributed by atoms with Gasteiger partial charge < -0.3 is 5.32 Å². The molecule has 1 atom stereocenters. The summed E-state index contributed by atoms with van der Waals surface area (Å²) in [5.74, 6) is 0.0729. The van der Waals surface area contributed by atoms with Crippen LogP contribution in [-0.2, 0) is 17.8 Å². The van der Waals surface area contributed by atoms with Crippen LogP contribution in [0.25, 0.3) is 0 Å². The first-order chi connectivity index (χ1) is 9.74. The van der Waals surface area contributed by atoms with Crippen LogP contribution in [0, 0.1) is 0 Å². The molecule has 1 N–H and O–H groups in total. The van der Waals surface area contributed by atoms with Crippen LogP contribution in [0.3, 0.4) is 0 Å². The van der Waals surface area contributed by atoms with Gasteiger partial charge in [-0.3, -0.25) is 4.79 Å². The largest absolute Gasteiger partial charge is 0.351 e. The van der Waals surface area contributed by atoms with E-state index < -0.39 is 0 Å². The van der Waals surface area contributed by atoms with Crippen molar-refractivity contribution in [1.29, 1.82) is 0 Å². The Morgan fingerprint density at radius 2 is 2.20 bits per heavy atom. The van der Waals surface area contributed by atoms with Crippen molar-refractivity contribution in [2.75, 3.05) is 0 Å². The van der Waals surface area contributed by atoms with Crippen LogP contribution in [0.2, 0.25) is 5.02 Å². The molecule has 1 aliphatic rings. The smallest absolute Gasteiger partial charge is 0.228 e. The fourth-order valence-corrected chi connectivity index (χ4v) is 3.62. The van der Waals surface area contributed by atoms with E-state index in [-0.39, 0.29) is 11.8 Å². The third-order valence-corrected chi connectivity index (χ3v) is 4.83. The van der Waals surface area contributed by atoms with Gasteiger partial charge in [0.25, 0.3) is 0 Å². The van der Waals surface area contributed by atoms with Crippen molar-refractivity contribution < 1.29 is 4.79 Å². The normalized spacial score (nSPS) is 17.6. The Morgan fingerprint density at radius 3 is 3.00 bits per heavy atom. The number of aromatic nitrogens is 1. The number of thiazole rings is 1. The number of hydrogen-bond donors (Lipinski definition) is 1. The first-order valence-electron chi connectivity index (χ1n) is 6.68. The van der Waals surface area contributed by atoms with Crippen molar-refractivity contribution in [3.05, 3.63) is 50.9 Å². The van der Waals surface area contributed by atoms with Crippen LogP contribution >= 0.6 is 22.9 Å². The number of aryl methyl sites for hydroxylation is 1. The van der Waals surface area contributed by atoms with E-state index in [0.29, 0.717) is 11.6 Å². The zero-order valence-corrected chi connectivity index (χ0v) is 12.5. The Morgan fingerprint density at radius 1 is 1.40 bits per heavy atom. The molecule has 1 unspecified atom stereocenters. The van der Waals surface area contributed by atoms with E-state index in [1.165, 1.54) is 0 Å². The van der Waals surface area contributed by atoms with Crippen LogP contribution in [0.15, 0.2) is 29.8 Å². The van der Waals surface area contributed by atoms with Gasteiger partial charge in [0, 0.05) is 16.4 Å². The second-order valence-electron chi connectivity index (χ2n) is 4.95. The summed E-state index contributed by atoms with van der Waals surface area (Å²) in [7, 11) is 0. The lowest BCUT2D eigenvalue weighted by molar-refractivity contribution is -0.123. The summed E-state index contributed by atoms with van der Waals surface area (Å²) >= 11 is 7.44. The van der Waals surface area contributed by atoms with Crippen LogP contribution in [0.4, 0.5) is 0 Å². The number of fused-ring (bicyclic) bond motifs is 1. The monoisotopic (exact) mass is 306 g/mol. The molecule has 20 heavy (non-hydrogen) atoms. The van der Waals surface area contributed by atoms with E-state index in [1.807, 2.05) is 29.8 Å². The Hall–Kier alpha value is -1.39. The Labute approximate surface area is 127 Å². The van der Waals surface area contributed by atoms with E-state index in [0.717, 1.165) is 35.4 Å². The van der Waals surface area contributed by atoms with Gasteiger partial charge in [-0.15, -0.1) is 11.3 Å². The molecule has 3 rings (SSSR count). The number of halogens is 1. The molecule has 1 amide bonds. The number of amides is 1. The van der Waals surface area contributed by atoms with Crippen molar-refractivity contribution in [3.63, 3.8) is 0 Å².